The lowest BCUT2D eigenvalue weighted by molar-refractivity contribution is 0.316. The van der Waals surface area contributed by atoms with Crippen LogP contribution in [0.15, 0.2) is 0 Å². The largest absolute Gasteiger partial charge is 0.310 e. The van der Waals surface area contributed by atoms with Gasteiger partial charge in [0.1, 0.15) is 0 Å². The van der Waals surface area contributed by atoms with Crippen LogP contribution in [0.5, 0.6) is 0 Å². The molecule has 1 nitrogen and oxygen atoms in total. The van der Waals surface area contributed by atoms with Gasteiger partial charge in [0.15, 0.2) is 0 Å². The van der Waals surface area contributed by atoms with Gasteiger partial charge in [0.05, 0.1) is 0 Å². The molecule has 3 unspecified atom stereocenters. The summed E-state index contributed by atoms with van der Waals surface area (Å²) in [5, 5.41) is 4.70. The second-order valence-corrected chi connectivity index (χ2v) is 6.60. The summed E-state index contributed by atoms with van der Waals surface area (Å²) in [5.74, 6) is 2.01. The molecular weight excluding hydrogens is 202 g/mol. The molecule has 0 aromatic heterocycles. The normalized spacial score (nSPS) is 29.4. The highest BCUT2D eigenvalue weighted by Gasteiger charge is 2.26. The van der Waals surface area contributed by atoms with E-state index in [4.69, 9.17) is 0 Å². The molecule has 0 amide bonds. The van der Waals surface area contributed by atoms with Crippen LogP contribution in [0.4, 0.5) is 0 Å². The van der Waals surface area contributed by atoms with E-state index in [2.05, 4.69) is 44.8 Å². The molecule has 2 heteroatoms. The Bertz CT molecular complexity index is 168. The van der Waals surface area contributed by atoms with Gasteiger partial charge in [-0.3, -0.25) is 0 Å². The standard InChI is InChI=1S/C13H27NS/c1-5-15-13-9-7-6-8-12(13)14-11(4)10(2)3/h10-14H,5-9H2,1-4H3. The Morgan fingerprint density at radius 2 is 1.87 bits per heavy atom. The lowest BCUT2D eigenvalue weighted by Gasteiger charge is -2.35. The summed E-state index contributed by atoms with van der Waals surface area (Å²) < 4.78 is 0. The maximum Gasteiger partial charge on any atom is 0.0201 e. The Labute approximate surface area is 99.8 Å². The summed E-state index contributed by atoms with van der Waals surface area (Å²) in [6.07, 6.45) is 5.66. The maximum atomic E-state index is 3.83. The van der Waals surface area contributed by atoms with Gasteiger partial charge in [-0.1, -0.05) is 33.6 Å². The van der Waals surface area contributed by atoms with Crippen LogP contribution >= 0.6 is 11.8 Å². The fraction of sp³-hybridized carbons (Fsp3) is 1.00. The van der Waals surface area contributed by atoms with Gasteiger partial charge < -0.3 is 5.32 Å². The smallest absolute Gasteiger partial charge is 0.0201 e. The van der Waals surface area contributed by atoms with Gasteiger partial charge in [-0.15, -0.1) is 0 Å². The van der Waals surface area contributed by atoms with Crippen molar-refractivity contribution in [3.8, 4) is 0 Å². The predicted octanol–water partition coefficient (Wildman–Crippen LogP) is 3.68. The van der Waals surface area contributed by atoms with E-state index in [9.17, 15) is 0 Å². The molecule has 0 aliphatic heterocycles. The van der Waals surface area contributed by atoms with Crippen LogP contribution in [-0.2, 0) is 0 Å². The van der Waals surface area contributed by atoms with Crippen molar-refractivity contribution in [1.29, 1.82) is 0 Å². The molecule has 15 heavy (non-hydrogen) atoms. The summed E-state index contributed by atoms with van der Waals surface area (Å²) in [4.78, 5) is 0. The van der Waals surface area contributed by atoms with Crippen LogP contribution in [0.1, 0.15) is 53.4 Å². The zero-order valence-corrected chi connectivity index (χ0v) is 11.6. The summed E-state index contributed by atoms with van der Waals surface area (Å²) in [7, 11) is 0. The number of rotatable bonds is 5. The Kier molecular flexibility index (Phi) is 6.06. The van der Waals surface area contributed by atoms with Gasteiger partial charge >= 0.3 is 0 Å². The van der Waals surface area contributed by atoms with Crippen LogP contribution in [-0.4, -0.2) is 23.1 Å². The Morgan fingerprint density at radius 1 is 1.20 bits per heavy atom. The van der Waals surface area contributed by atoms with Crippen LogP contribution in [0.3, 0.4) is 0 Å². The van der Waals surface area contributed by atoms with Gasteiger partial charge in [-0.05, 0) is 31.4 Å². The van der Waals surface area contributed by atoms with E-state index >= 15 is 0 Å². The van der Waals surface area contributed by atoms with Crippen molar-refractivity contribution in [2.75, 3.05) is 5.75 Å². The third-order valence-electron chi connectivity index (χ3n) is 3.56. The molecule has 0 spiro atoms. The molecule has 1 aliphatic rings. The minimum absolute atomic E-state index is 0.660. The Balaban J connectivity index is 2.41. The molecule has 0 aromatic carbocycles. The van der Waals surface area contributed by atoms with E-state index in [1.54, 1.807) is 0 Å². The highest BCUT2D eigenvalue weighted by molar-refractivity contribution is 7.99. The van der Waals surface area contributed by atoms with Gasteiger partial charge in [0, 0.05) is 17.3 Å². The molecule has 1 fully saturated rings. The van der Waals surface area contributed by atoms with E-state index in [1.165, 1.54) is 31.4 Å². The fourth-order valence-electron chi connectivity index (χ4n) is 2.23. The Hall–Kier alpha value is 0.310. The molecular formula is C13H27NS. The third kappa shape index (κ3) is 4.36. The van der Waals surface area contributed by atoms with Crippen LogP contribution < -0.4 is 5.32 Å². The molecule has 0 heterocycles. The molecule has 0 aromatic rings. The van der Waals surface area contributed by atoms with Gasteiger partial charge in [0.25, 0.3) is 0 Å². The van der Waals surface area contributed by atoms with Crippen molar-refractivity contribution in [2.45, 2.75) is 70.7 Å². The predicted molar refractivity (Wildman–Crippen MR) is 71.6 cm³/mol. The lowest BCUT2D eigenvalue weighted by Crippen LogP contribution is -2.46. The summed E-state index contributed by atoms with van der Waals surface area (Å²) in [6, 6.07) is 1.43. The molecule has 0 radical (unpaired) electrons. The van der Waals surface area contributed by atoms with Crippen molar-refractivity contribution >= 4 is 11.8 Å². The first-order valence-corrected chi connectivity index (χ1v) is 7.57. The topological polar surface area (TPSA) is 12.0 Å². The van der Waals surface area contributed by atoms with Crippen molar-refractivity contribution in [3.63, 3.8) is 0 Å². The monoisotopic (exact) mass is 229 g/mol. The molecule has 1 rings (SSSR count). The molecule has 1 aliphatic carbocycles. The first kappa shape index (κ1) is 13.4. The highest BCUT2D eigenvalue weighted by Crippen LogP contribution is 2.29. The van der Waals surface area contributed by atoms with Crippen molar-refractivity contribution < 1.29 is 0 Å². The second-order valence-electron chi connectivity index (χ2n) is 5.08. The second kappa shape index (κ2) is 6.80. The highest BCUT2D eigenvalue weighted by atomic mass is 32.2. The average molecular weight is 229 g/mol. The zero-order chi connectivity index (χ0) is 11.3. The minimum atomic E-state index is 0.660. The van der Waals surface area contributed by atoms with E-state index < -0.39 is 0 Å². The van der Waals surface area contributed by atoms with Crippen molar-refractivity contribution in [3.05, 3.63) is 0 Å². The molecule has 3 atom stereocenters. The van der Waals surface area contributed by atoms with E-state index in [0.29, 0.717) is 6.04 Å². The number of hydrogen-bond acceptors (Lipinski definition) is 2. The van der Waals surface area contributed by atoms with Crippen molar-refractivity contribution in [1.82, 2.24) is 5.32 Å². The van der Waals surface area contributed by atoms with E-state index in [-0.39, 0.29) is 0 Å². The molecule has 0 bridgehead atoms. The summed E-state index contributed by atoms with van der Waals surface area (Å²) in [6.45, 7) is 9.22. The molecule has 0 saturated heterocycles. The lowest BCUT2D eigenvalue weighted by atomic mass is 9.93. The van der Waals surface area contributed by atoms with Gasteiger partial charge in [-0.25, -0.2) is 0 Å². The van der Waals surface area contributed by atoms with E-state index in [0.717, 1.165) is 17.2 Å². The van der Waals surface area contributed by atoms with E-state index in [1.807, 2.05) is 0 Å². The van der Waals surface area contributed by atoms with Gasteiger partial charge in [0.2, 0.25) is 0 Å². The quantitative estimate of drug-likeness (QED) is 0.772. The minimum Gasteiger partial charge on any atom is -0.310 e. The molecule has 1 saturated carbocycles. The van der Waals surface area contributed by atoms with Crippen LogP contribution in [0.2, 0.25) is 0 Å². The number of nitrogens with one attached hydrogen (secondary N) is 1. The molecule has 1 N–H and O–H groups in total. The van der Waals surface area contributed by atoms with Crippen LogP contribution in [0, 0.1) is 5.92 Å². The zero-order valence-electron chi connectivity index (χ0n) is 10.8. The molecule has 90 valence electrons. The average Bonchev–Trinajstić information content (AvgIpc) is 2.21. The SMILES string of the molecule is CCSC1CCCCC1NC(C)C(C)C. The Morgan fingerprint density at radius 3 is 2.47 bits per heavy atom. The first-order valence-electron chi connectivity index (χ1n) is 6.52. The first-order chi connectivity index (χ1) is 7.15. The summed E-state index contributed by atoms with van der Waals surface area (Å²) in [5.41, 5.74) is 0. The van der Waals surface area contributed by atoms with Crippen LogP contribution in [0.25, 0.3) is 0 Å². The third-order valence-corrected chi connectivity index (χ3v) is 4.89. The van der Waals surface area contributed by atoms with Gasteiger partial charge in [-0.2, -0.15) is 11.8 Å². The summed E-state index contributed by atoms with van der Waals surface area (Å²) >= 11 is 2.15. The van der Waals surface area contributed by atoms with Crippen molar-refractivity contribution in [2.24, 2.45) is 5.92 Å². The fourth-order valence-corrected chi connectivity index (χ4v) is 3.44. The number of thioether (sulfide) groups is 1. The maximum absolute atomic E-state index is 3.83. The number of hydrogen-bond donors (Lipinski definition) is 1.